The van der Waals surface area contributed by atoms with Gasteiger partial charge in [0.05, 0.1) is 12.3 Å². The second-order valence-corrected chi connectivity index (χ2v) is 4.21. The number of nitrogens with zero attached hydrogens (tertiary/aromatic N) is 1. The number of hydrogen-bond donors (Lipinski definition) is 0. The molecule has 0 aliphatic carbocycles. The summed E-state index contributed by atoms with van der Waals surface area (Å²) < 4.78 is 4.52. The van der Waals surface area contributed by atoms with Gasteiger partial charge in [-0.1, -0.05) is 0 Å². The van der Waals surface area contributed by atoms with Crippen LogP contribution in [0, 0.1) is 5.92 Å². The zero-order chi connectivity index (χ0) is 10.1. The fourth-order valence-corrected chi connectivity index (χ4v) is 2.31. The fraction of sp³-hybridized carbons (Fsp3) is 0.800. The van der Waals surface area contributed by atoms with Crippen LogP contribution in [0.5, 0.6) is 0 Å². The number of cyclic esters (lactones) is 2. The summed E-state index contributed by atoms with van der Waals surface area (Å²) in [6.45, 7) is 1.10. The van der Waals surface area contributed by atoms with Crippen molar-refractivity contribution < 1.29 is 14.3 Å². The molecule has 78 valence electrons. The minimum Gasteiger partial charge on any atom is -0.393 e. The molecule has 0 radical (unpaired) electrons. The normalized spacial score (nSPS) is 33.8. The van der Waals surface area contributed by atoms with E-state index in [2.05, 4.69) is 16.7 Å². The minimum absolute atomic E-state index is 0.187. The lowest BCUT2D eigenvalue weighted by Gasteiger charge is -2.20. The number of carbonyl (C=O) groups excluding carboxylic acids is 2. The molecular weight excluding hydrogens is 182 g/mol. The average Bonchev–Trinajstić information content (AvgIpc) is 2.62. The highest BCUT2D eigenvalue weighted by Crippen LogP contribution is 2.27. The molecule has 2 rings (SSSR count). The molecular formula is C10H15NO3. The topological polar surface area (TPSA) is 46.6 Å². The zero-order valence-corrected chi connectivity index (χ0v) is 8.36. The molecule has 14 heavy (non-hydrogen) atoms. The van der Waals surface area contributed by atoms with Crippen molar-refractivity contribution in [3.05, 3.63) is 0 Å². The SMILES string of the molecule is CN1CCCC1CC1CC(=O)OC1=O. The fourth-order valence-electron chi connectivity index (χ4n) is 2.31. The van der Waals surface area contributed by atoms with Gasteiger partial charge in [0.1, 0.15) is 0 Å². The lowest BCUT2D eigenvalue weighted by molar-refractivity contribution is -0.153. The first kappa shape index (κ1) is 9.65. The second-order valence-electron chi connectivity index (χ2n) is 4.21. The van der Waals surface area contributed by atoms with E-state index in [-0.39, 0.29) is 24.3 Å². The van der Waals surface area contributed by atoms with Crippen molar-refractivity contribution >= 4 is 11.9 Å². The lowest BCUT2D eigenvalue weighted by atomic mass is 9.97. The van der Waals surface area contributed by atoms with Crippen molar-refractivity contribution in [1.82, 2.24) is 4.90 Å². The van der Waals surface area contributed by atoms with Crippen LogP contribution in [0.2, 0.25) is 0 Å². The number of carbonyl (C=O) groups is 2. The molecule has 2 aliphatic rings. The first-order valence-electron chi connectivity index (χ1n) is 5.11. The van der Waals surface area contributed by atoms with E-state index < -0.39 is 0 Å². The first-order valence-corrected chi connectivity index (χ1v) is 5.11. The van der Waals surface area contributed by atoms with Crippen molar-refractivity contribution in [2.45, 2.75) is 31.7 Å². The molecule has 2 aliphatic heterocycles. The summed E-state index contributed by atoms with van der Waals surface area (Å²) in [5, 5.41) is 0. The predicted octanol–water partition coefficient (Wildman–Crippen LogP) is 0.560. The molecule has 0 saturated carbocycles. The largest absolute Gasteiger partial charge is 0.393 e. The monoisotopic (exact) mass is 197 g/mol. The van der Waals surface area contributed by atoms with E-state index >= 15 is 0 Å². The highest BCUT2D eigenvalue weighted by atomic mass is 16.6. The third-order valence-corrected chi connectivity index (χ3v) is 3.19. The quantitative estimate of drug-likeness (QED) is 0.479. The molecule has 2 unspecified atom stereocenters. The van der Waals surface area contributed by atoms with Gasteiger partial charge in [0.25, 0.3) is 0 Å². The van der Waals surface area contributed by atoms with Crippen LogP contribution in [0.4, 0.5) is 0 Å². The minimum atomic E-state index is -0.361. The number of rotatable bonds is 2. The van der Waals surface area contributed by atoms with Gasteiger partial charge in [-0.05, 0) is 32.9 Å². The smallest absolute Gasteiger partial charge is 0.317 e. The van der Waals surface area contributed by atoms with Gasteiger partial charge in [0.15, 0.2) is 0 Å². The van der Waals surface area contributed by atoms with E-state index in [0.717, 1.165) is 19.4 Å². The van der Waals surface area contributed by atoms with Crippen molar-refractivity contribution in [3.63, 3.8) is 0 Å². The summed E-state index contributed by atoms with van der Waals surface area (Å²) in [5.74, 6) is -0.871. The van der Waals surface area contributed by atoms with Crippen LogP contribution in [0.1, 0.15) is 25.7 Å². The number of hydrogen-bond acceptors (Lipinski definition) is 4. The zero-order valence-electron chi connectivity index (χ0n) is 8.36. The van der Waals surface area contributed by atoms with E-state index in [0.29, 0.717) is 6.04 Å². The predicted molar refractivity (Wildman–Crippen MR) is 49.5 cm³/mol. The van der Waals surface area contributed by atoms with Crippen molar-refractivity contribution in [1.29, 1.82) is 0 Å². The van der Waals surface area contributed by atoms with Crippen molar-refractivity contribution in [3.8, 4) is 0 Å². The molecule has 4 heteroatoms. The van der Waals surface area contributed by atoms with Crippen molar-refractivity contribution in [2.75, 3.05) is 13.6 Å². The number of ether oxygens (including phenoxy) is 1. The lowest BCUT2D eigenvalue weighted by Crippen LogP contribution is -2.28. The Kier molecular flexibility index (Phi) is 2.54. The first-order chi connectivity index (χ1) is 6.66. The summed E-state index contributed by atoms with van der Waals surface area (Å²) in [4.78, 5) is 24.3. The summed E-state index contributed by atoms with van der Waals surface area (Å²) in [7, 11) is 2.07. The molecule has 0 N–H and O–H groups in total. The van der Waals surface area contributed by atoms with Crippen LogP contribution in [0.3, 0.4) is 0 Å². The Bertz CT molecular complexity index is 264. The third-order valence-electron chi connectivity index (χ3n) is 3.19. The van der Waals surface area contributed by atoms with Crippen LogP contribution in [0.25, 0.3) is 0 Å². The molecule has 0 spiro atoms. The maximum Gasteiger partial charge on any atom is 0.317 e. The molecule has 4 nitrogen and oxygen atoms in total. The molecule has 2 fully saturated rings. The van der Waals surface area contributed by atoms with E-state index in [1.807, 2.05) is 0 Å². The molecule has 2 heterocycles. The maximum absolute atomic E-state index is 11.2. The van der Waals surface area contributed by atoms with Gasteiger partial charge in [0, 0.05) is 6.04 Å². The number of esters is 2. The highest BCUT2D eigenvalue weighted by molar-refractivity contribution is 5.94. The van der Waals surface area contributed by atoms with Crippen LogP contribution in [-0.4, -0.2) is 36.5 Å². The Labute approximate surface area is 83.2 Å². The Morgan fingerprint density at radius 2 is 2.29 bits per heavy atom. The van der Waals surface area contributed by atoms with Gasteiger partial charge in [-0.2, -0.15) is 0 Å². The molecule has 2 atom stereocenters. The third kappa shape index (κ3) is 1.80. The number of likely N-dealkylation sites (tertiary alicyclic amines) is 1. The van der Waals surface area contributed by atoms with Crippen molar-refractivity contribution in [2.24, 2.45) is 5.92 Å². The highest BCUT2D eigenvalue weighted by Gasteiger charge is 2.36. The molecule has 0 bridgehead atoms. The Balaban J connectivity index is 1.91. The van der Waals surface area contributed by atoms with Crippen LogP contribution >= 0.6 is 0 Å². The van der Waals surface area contributed by atoms with E-state index in [1.54, 1.807) is 0 Å². The van der Waals surface area contributed by atoms with Gasteiger partial charge in [-0.15, -0.1) is 0 Å². The summed E-state index contributed by atoms with van der Waals surface area (Å²) in [6.07, 6.45) is 3.38. The average molecular weight is 197 g/mol. The van der Waals surface area contributed by atoms with Crippen LogP contribution in [-0.2, 0) is 14.3 Å². The Hall–Kier alpha value is -0.900. The van der Waals surface area contributed by atoms with Crippen LogP contribution in [0.15, 0.2) is 0 Å². The molecule has 2 saturated heterocycles. The van der Waals surface area contributed by atoms with Gasteiger partial charge >= 0.3 is 11.9 Å². The van der Waals surface area contributed by atoms with E-state index in [1.165, 1.54) is 6.42 Å². The van der Waals surface area contributed by atoms with Crippen LogP contribution < -0.4 is 0 Å². The molecule has 0 aromatic rings. The van der Waals surface area contributed by atoms with E-state index in [4.69, 9.17) is 0 Å². The molecule has 0 aromatic heterocycles. The van der Waals surface area contributed by atoms with Gasteiger partial charge in [-0.3, -0.25) is 9.59 Å². The Morgan fingerprint density at radius 3 is 2.79 bits per heavy atom. The van der Waals surface area contributed by atoms with Gasteiger partial charge in [0.2, 0.25) is 0 Å². The van der Waals surface area contributed by atoms with Gasteiger partial charge in [-0.25, -0.2) is 0 Å². The Morgan fingerprint density at radius 1 is 1.50 bits per heavy atom. The molecule has 0 amide bonds. The standard InChI is InChI=1S/C10H15NO3/c1-11-4-2-3-8(11)5-7-6-9(12)14-10(7)13/h7-8H,2-6H2,1H3. The van der Waals surface area contributed by atoms with E-state index in [9.17, 15) is 9.59 Å². The maximum atomic E-state index is 11.2. The summed E-state index contributed by atoms with van der Waals surface area (Å²) >= 11 is 0. The second kappa shape index (κ2) is 3.69. The summed E-state index contributed by atoms with van der Waals surface area (Å²) in [5.41, 5.74) is 0. The molecule has 0 aromatic carbocycles. The summed E-state index contributed by atoms with van der Waals surface area (Å²) in [6, 6.07) is 0.457. The van der Waals surface area contributed by atoms with Gasteiger partial charge < -0.3 is 9.64 Å².